The van der Waals surface area contributed by atoms with Gasteiger partial charge in [0.15, 0.2) is 0 Å². The van der Waals surface area contributed by atoms with Crippen molar-refractivity contribution in [2.75, 3.05) is 20.1 Å². The Hall–Kier alpha value is -2.19. The number of aromatic nitrogens is 2. The van der Waals surface area contributed by atoms with Crippen LogP contribution in [-0.2, 0) is 21.2 Å². The van der Waals surface area contributed by atoms with Crippen LogP contribution in [0.3, 0.4) is 0 Å². The quantitative estimate of drug-likeness (QED) is 0.788. The zero-order valence-electron chi connectivity index (χ0n) is 15.7. The summed E-state index contributed by atoms with van der Waals surface area (Å²) in [4.78, 5) is 14.6. The fraction of sp³-hybridized carbons (Fsp3) is 0.474. The van der Waals surface area contributed by atoms with Crippen molar-refractivity contribution in [2.45, 2.75) is 43.4 Å². The molecule has 8 heteroatoms. The summed E-state index contributed by atoms with van der Waals surface area (Å²) in [6, 6.07) is 8.76. The number of aromatic amines is 1. The number of amides is 1. The molecule has 0 bridgehead atoms. The number of carbonyl (C=O) groups excluding carboxylic acids is 1. The molecule has 0 atom stereocenters. The molecule has 1 saturated heterocycles. The highest BCUT2D eigenvalue weighted by Crippen LogP contribution is 2.27. The molecule has 2 heterocycles. The minimum Gasteiger partial charge on any atom is -0.343 e. The number of likely N-dealkylation sites (tertiary alicyclic amines) is 1. The smallest absolute Gasteiger partial charge is 0.240 e. The van der Waals surface area contributed by atoms with Crippen molar-refractivity contribution < 1.29 is 13.2 Å². The second-order valence-electron chi connectivity index (χ2n) is 6.98. The number of rotatable bonds is 6. The van der Waals surface area contributed by atoms with E-state index in [0.29, 0.717) is 18.8 Å². The van der Waals surface area contributed by atoms with Crippen LogP contribution in [0, 0.1) is 6.92 Å². The summed E-state index contributed by atoms with van der Waals surface area (Å²) >= 11 is 0. The third-order valence-electron chi connectivity index (χ3n) is 5.12. The number of nitrogens with zero attached hydrogens (tertiary/aromatic N) is 2. The van der Waals surface area contributed by atoms with Crippen LogP contribution in [0.25, 0.3) is 0 Å². The first-order valence-electron chi connectivity index (χ1n) is 9.21. The number of sulfonamides is 1. The molecule has 1 aliphatic heterocycles. The molecule has 27 heavy (non-hydrogen) atoms. The Bertz CT molecular complexity index is 882. The summed E-state index contributed by atoms with van der Waals surface area (Å²) in [6.07, 6.45) is 2.92. The average Bonchev–Trinajstić information content (AvgIpc) is 3.13. The van der Waals surface area contributed by atoms with Gasteiger partial charge in [-0.15, -0.1) is 0 Å². The molecule has 7 nitrogen and oxygen atoms in total. The normalized spacial score (nSPS) is 15.9. The van der Waals surface area contributed by atoms with E-state index in [1.54, 1.807) is 24.3 Å². The largest absolute Gasteiger partial charge is 0.343 e. The van der Waals surface area contributed by atoms with Crippen LogP contribution in [0.15, 0.2) is 35.2 Å². The van der Waals surface area contributed by atoms with Gasteiger partial charge in [0, 0.05) is 31.1 Å². The topological polar surface area (TPSA) is 95.2 Å². The van der Waals surface area contributed by atoms with Crippen LogP contribution in [0.5, 0.6) is 0 Å². The van der Waals surface area contributed by atoms with Crippen LogP contribution >= 0.6 is 0 Å². The molecule has 3 rings (SSSR count). The number of nitrogens with one attached hydrogen (secondary N) is 2. The second-order valence-corrected chi connectivity index (χ2v) is 8.87. The van der Waals surface area contributed by atoms with Crippen molar-refractivity contribution in [3.8, 4) is 0 Å². The zero-order chi connectivity index (χ0) is 19.4. The maximum atomic E-state index is 12.5. The van der Waals surface area contributed by atoms with E-state index >= 15 is 0 Å². The third-order valence-corrected chi connectivity index (χ3v) is 6.55. The van der Waals surface area contributed by atoms with E-state index in [-0.39, 0.29) is 10.8 Å². The van der Waals surface area contributed by atoms with E-state index < -0.39 is 10.0 Å². The van der Waals surface area contributed by atoms with Gasteiger partial charge < -0.3 is 4.90 Å². The van der Waals surface area contributed by atoms with Gasteiger partial charge in [0.05, 0.1) is 10.6 Å². The van der Waals surface area contributed by atoms with Gasteiger partial charge in [-0.25, -0.2) is 13.1 Å². The van der Waals surface area contributed by atoms with Crippen molar-refractivity contribution in [2.24, 2.45) is 0 Å². The van der Waals surface area contributed by atoms with Gasteiger partial charge in [-0.3, -0.25) is 9.89 Å². The first-order chi connectivity index (χ1) is 12.9. The van der Waals surface area contributed by atoms with Gasteiger partial charge in [0.25, 0.3) is 0 Å². The summed E-state index contributed by atoms with van der Waals surface area (Å²) in [5.74, 6) is 0.569. The number of carbonyl (C=O) groups is 1. The molecule has 0 aliphatic carbocycles. The number of aryl methyl sites for hydroxylation is 2. The molecule has 146 valence electrons. The summed E-state index contributed by atoms with van der Waals surface area (Å²) < 4.78 is 25.8. The Morgan fingerprint density at radius 3 is 2.48 bits per heavy atom. The third kappa shape index (κ3) is 4.75. The number of H-pyrrole nitrogens is 1. The Kier molecular flexibility index (Phi) is 5.96. The second kappa shape index (κ2) is 8.22. The fourth-order valence-electron chi connectivity index (χ4n) is 3.44. The fourth-order valence-corrected chi connectivity index (χ4v) is 4.17. The van der Waals surface area contributed by atoms with E-state index in [1.165, 1.54) is 7.05 Å². The molecule has 1 amide bonds. The minimum absolute atomic E-state index is 0.151. The van der Waals surface area contributed by atoms with Crippen LogP contribution < -0.4 is 4.72 Å². The SMILES string of the molecule is CNS(=O)(=O)c1ccc(CCC(=O)N2CCC(c3cc(C)[nH]n3)CC2)cc1. The lowest BCUT2D eigenvalue weighted by atomic mass is 9.93. The van der Waals surface area contributed by atoms with Crippen molar-refractivity contribution in [1.29, 1.82) is 0 Å². The highest BCUT2D eigenvalue weighted by atomic mass is 32.2. The summed E-state index contributed by atoms with van der Waals surface area (Å²) in [6.45, 7) is 3.51. The van der Waals surface area contributed by atoms with E-state index in [1.807, 2.05) is 11.8 Å². The van der Waals surface area contributed by atoms with Gasteiger partial charge in [0.1, 0.15) is 0 Å². The van der Waals surface area contributed by atoms with Gasteiger partial charge in [-0.05, 0) is 57.0 Å². The molecular formula is C19H26N4O3S. The Balaban J connectivity index is 1.49. The van der Waals surface area contributed by atoms with Gasteiger partial charge in [-0.1, -0.05) is 12.1 Å². The number of hydrogen-bond donors (Lipinski definition) is 2. The van der Waals surface area contributed by atoms with Gasteiger partial charge >= 0.3 is 0 Å². The lowest BCUT2D eigenvalue weighted by molar-refractivity contribution is -0.132. The average molecular weight is 391 g/mol. The monoisotopic (exact) mass is 390 g/mol. The highest BCUT2D eigenvalue weighted by Gasteiger charge is 2.25. The molecule has 1 aromatic heterocycles. The predicted molar refractivity (Wildman–Crippen MR) is 103 cm³/mol. The summed E-state index contributed by atoms with van der Waals surface area (Å²) in [5, 5.41) is 7.32. The molecule has 0 radical (unpaired) electrons. The number of hydrogen-bond acceptors (Lipinski definition) is 4. The van der Waals surface area contributed by atoms with Crippen molar-refractivity contribution in [1.82, 2.24) is 19.8 Å². The van der Waals surface area contributed by atoms with Crippen molar-refractivity contribution in [3.05, 3.63) is 47.3 Å². The van der Waals surface area contributed by atoms with Crippen LogP contribution in [0.2, 0.25) is 0 Å². The zero-order valence-corrected chi connectivity index (χ0v) is 16.6. The van der Waals surface area contributed by atoms with Crippen LogP contribution in [0.4, 0.5) is 0 Å². The molecule has 1 aromatic carbocycles. The van der Waals surface area contributed by atoms with E-state index in [9.17, 15) is 13.2 Å². The summed E-state index contributed by atoms with van der Waals surface area (Å²) in [5.41, 5.74) is 3.12. The van der Waals surface area contributed by atoms with Crippen molar-refractivity contribution in [3.63, 3.8) is 0 Å². The molecule has 2 N–H and O–H groups in total. The van der Waals surface area contributed by atoms with Gasteiger partial charge in [0.2, 0.25) is 15.9 Å². The molecule has 1 fully saturated rings. The first-order valence-corrected chi connectivity index (χ1v) is 10.7. The maximum absolute atomic E-state index is 12.5. The van der Waals surface area contributed by atoms with Gasteiger partial charge in [-0.2, -0.15) is 5.10 Å². The molecule has 0 unspecified atom stereocenters. The molecule has 2 aromatic rings. The van der Waals surface area contributed by atoms with E-state index in [2.05, 4.69) is 21.0 Å². The molecule has 0 saturated carbocycles. The van der Waals surface area contributed by atoms with E-state index in [0.717, 1.165) is 42.9 Å². The minimum atomic E-state index is -3.42. The first kappa shape index (κ1) is 19.6. The molecule has 1 aliphatic rings. The maximum Gasteiger partial charge on any atom is 0.240 e. The number of benzene rings is 1. The Morgan fingerprint density at radius 1 is 1.26 bits per heavy atom. The standard InChI is InChI=1S/C19H26N4O3S/c1-14-13-18(22-21-14)16-9-11-23(12-10-16)19(24)8-5-15-3-6-17(7-4-15)27(25,26)20-2/h3-4,6-7,13,16,20H,5,8-12H2,1-2H3,(H,21,22). The lowest BCUT2D eigenvalue weighted by Gasteiger charge is -2.31. The van der Waals surface area contributed by atoms with Crippen LogP contribution in [0.1, 0.15) is 42.1 Å². The Labute approximate surface area is 160 Å². The Morgan fingerprint density at radius 2 is 1.93 bits per heavy atom. The molecule has 0 spiro atoms. The van der Waals surface area contributed by atoms with E-state index in [4.69, 9.17) is 0 Å². The summed E-state index contributed by atoms with van der Waals surface area (Å²) in [7, 11) is -2.04. The number of piperidine rings is 1. The predicted octanol–water partition coefficient (Wildman–Crippen LogP) is 1.97. The molecular weight excluding hydrogens is 364 g/mol. The van der Waals surface area contributed by atoms with Crippen LogP contribution in [-0.4, -0.2) is 49.6 Å². The van der Waals surface area contributed by atoms with Crippen molar-refractivity contribution >= 4 is 15.9 Å². The highest BCUT2D eigenvalue weighted by molar-refractivity contribution is 7.89. The lowest BCUT2D eigenvalue weighted by Crippen LogP contribution is -2.38.